The summed E-state index contributed by atoms with van der Waals surface area (Å²) in [6, 6.07) is 0.555. The largest absolute Gasteiger partial charge is 0.310 e. The van der Waals surface area contributed by atoms with Gasteiger partial charge in [0.1, 0.15) is 5.01 Å². The predicted molar refractivity (Wildman–Crippen MR) is 94.2 cm³/mol. The quantitative estimate of drug-likeness (QED) is 0.756. The van der Waals surface area contributed by atoms with Gasteiger partial charge < -0.3 is 5.32 Å². The molecule has 2 aliphatic carbocycles. The van der Waals surface area contributed by atoms with Crippen LogP contribution in [0.4, 0.5) is 0 Å². The van der Waals surface area contributed by atoms with Gasteiger partial charge in [0.05, 0.1) is 5.69 Å². The molecule has 0 amide bonds. The monoisotopic (exact) mass is 324 g/mol. The van der Waals surface area contributed by atoms with E-state index in [4.69, 9.17) is 4.98 Å². The Kier molecular flexibility index (Phi) is 5.63. The molecule has 0 atom stereocenters. The van der Waals surface area contributed by atoms with Gasteiger partial charge in [0.15, 0.2) is 0 Å². The lowest BCUT2D eigenvalue weighted by molar-refractivity contribution is 0.516. The van der Waals surface area contributed by atoms with Crippen LogP contribution in [-0.2, 0) is 12.3 Å². The molecule has 118 valence electrons. The lowest BCUT2D eigenvalue weighted by atomic mass is 10.0. The molecule has 0 radical (unpaired) electrons. The molecule has 0 aromatic carbocycles. The van der Waals surface area contributed by atoms with E-state index in [1.54, 1.807) is 0 Å². The Bertz CT molecular complexity index is 446. The van der Waals surface area contributed by atoms with E-state index < -0.39 is 0 Å². The second-order valence-electron chi connectivity index (χ2n) is 6.80. The fourth-order valence-corrected chi connectivity index (χ4v) is 5.45. The number of aromatic nitrogens is 1. The van der Waals surface area contributed by atoms with Crippen molar-refractivity contribution >= 4 is 23.1 Å². The maximum atomic E-state index is 4.99. The van der Waals surface area contributed by atoms with Crippen molar-refractivity contribution in [3.8, 4) is 0 Å². The van der Waals surface area contributed by atoms with Crippen molar-refractivity contribution in [1.29, 1.82) is 0 Å². The summed E-state index contributed by atoms with van der Waals surface area (Å²) in [5, 5.41) is 5.83. The van der Waals surface area contributed by atoms with Crippen LogP contribution in [0.5, 0.6) is 0 Å². The first-order chi connectivity index (χ1) is 10.2. The fraction of sp³-hybridized carbons (Fsp3) is 0.824. The van der Waals surface area contributed by atoms with Crippen molar-refractivity contribution in [1.82, 2.24) is 10.3 Å². The maximum Gasteiger partial charge on any atom is 0.103 e. The molecule has 1 N–H and O–H groups in total. The van der Waals surface area contributed by atoms with Gasteiger partial charge >= 0.3 is 0 Å². The summed E-state index contributed by atoms with van der Waals surface area (Å²) in [7, 11) is 0. The van der Waals surface area contributed by atoms with Crippen LogP contribution in [0.2, 0.25) is 0 Å². The molecule has 1 aromatic rings. The van der Waals surface area contributed by atoms with E-state index in [0.29, 0.717) is 6.04 Å². The average molecular weight is 325 g/mol. The van der Waals surface area contributed by atoms with E-state index in [1.165, 1.54) is 60.5 Å². The summed E-state index contributed by atoms with van der Waals surface area (Å²) in [5.41, 5.74) is 1.42. The minimum atomic E-state index is 0.555. The minimum Gasteiger partial charge on any atom is -0.310 e. The van der Waals surface area contributed by atoms with E-state index in [1.807, 2.05) is 11.3 Å². The van der Waals surface area contributed by atoms with Gasteiger partial charge in [-0.3, -0.25) is 0 Å². The third-order valence-corrected chi connectivity index (χ3v) is 7.04. The number of hydrogen-bond acceptors (Lipinski definition) is 4. The highest BCUT2D eigenvalue weighted by molar-refractivity contribution is 7.99. The predicted octanol–water partition coefficient (Wildman–Crippen LogP) is 5.08. The lowest BCUT2D eigenvalue weighted by Gasteiger charge is -2.20. The standard InChI is InChI=1S/C17H28N2S2/c1-12(2)18-10-15-17(13-8-9-13)19-16(21-15)11-20-14-6-4-3-5-7-14/h12-14,18H,3-11H2,1-2H3. The molecule has 0 unspecified atom stereocenters. The van der Waals surface area contributed by atoms with Crippen molar-refractivity contribution in [2.24, 2.45) is 0 Å². The molecule has 2 saturated carbocycles. The fourth-order valence-electron chi connectivity index (χ4n) is 3.00. The Morgan fingerprint density at radius 3 is 2.62 bits per heavy atom. The third kappa shape index (κ3) is 4.70. The summed E-state index contributed by atoms with van der Waals surface area (Å²) in [6.45, 7) is 5.45. The van der Waals surface area contributed by atoms with Gasteiger partial charge in [-0.1, -0.05) is 33.1 Å². The van der Waals surface area contributed by atoms with Gasteiger partial charge in [0, 0.05) is 34.4 Å². The highest BCUT2D eigenvalue weighted by atomic mass is 32.2. The van der Waals surface area contributed by atoms with Crippen molar-refractivity contribution in [3.05, 3.63) is 15.6 Å². The third-order valence-electron chi connectivity index (χ3n) is 4.40. The smallest absolute Gasteiger partial charge is 0.103 e. The summed E-state index contributed by atoms with van der Waals surface area (Å²) >= 11 is 4.12. The number of rotatable bonds is 7. The van der Waals surface area contributed by atoms with Gasteiger partial charge in [-0.05, 0) is 25.7 Å². The molecule has 1 aromatic heterocycles. The first-order valence-electron chi connectivity index (χ1n) is 8.56. The van der Waals surface area contributed by atoms with Crippen LogP contribution in [0, 0.1) is 0 Å². The summed E-state index contributed by atoms with van der Waals surface area (Å²) in [5.74, 6) is 1.91. The number of thioether (sulfide) groups is 1. The van der Waals surface area contributed by atoms with E-state index in [-0.39, 0.29) is 0 Å². The molecule has 2 aliphatic rings. The van der Waals surface area contributed by atoms with E-state index in [0.717, 1.165) is 23.5 Å². The molecule has 21 heavy (non-hydrogen) atoms. The van der Waals surface area contributed by atoms with Crippen LogP contribution in [-0.4, -0.2) is 16.3 Å². The highest BCUT2D eigenvalue weighted by Gasteiger charge is 2.29. The Balaban J connectivity index is 1.58. The van der Waals surface area contributed by atoms with Crippen LogP contribution < -0.4 is 5.32 Å². The summed E-state index contributed by atoms with van der Waals surface area (Å²) in [4.78, 5) is 6.50. The maximum absolute atomic E-state index is 4.99. The Labute approximate surface area is 137 Å². The van der Waals surface area contributed by atoms with Crippen molar-refractivity contribution in [2.45, 2.75) is 88.3 Å². The zero-order valence-electron chi connectivity index (χ0n) is 13.4. The molecule has 2 fully saturated rings. The second kappa shape index (κ2) is 7.47. The van der Waals surface area contributed by atoms with Gasteiger partial charge in [-0.25, -0.2) is 4.98 Å². The molecule has 1 heterocycles. The molecule has 0 bridgehead atoms. The zero-order chi connectivity index (χ0) is 14.7. The second-order valence-corrected chi connectivity index (χ2v) is 9.25. The number of thiazole rings is 1. The van der Waals surface area contributed by atoms with Crippen molar-refractivity contribution < 1.29 is 0 Å². The number of nitrogens with one attached hydrogen (secondary N) is 1. The topological polar surface area (TPSA) is 24.9 Å². The molecule has 0 saturated heterocycles. The lowest BCUT2D eigenvalue weighted by Crippen LogP contribution is -2.21. The van der Waals surface area contributed by atoms with E-state index >= 15 is 0 Å². The van der Waals surface area contributed by atoms with Crippen LogP contribution in [0.1, 0.15) is 80.3 Å². The number of nitrogens with zero attached hydrogens (tertiary/aromatic N) is 1. The zero-order valence-corrected chi connectivity index (χ0v) is 15.0. The molecular weight excluding hydrogens is 296 g/mol. The minimum absolute atomic E-state index is 0.555. The summed E-state index contributed by atoms with van der Waals surface area (Å²) in [6.07, 6.45) is 9.88. The highest BCUT2D eigenvalue weighted by Crippen LogP contribution is 2.43. The van der Waals surface area contributed by atoms with Crippen LogP contribution in [0.3, 0.4) is 0 Å². The summed E-state index contributed by atoms with van der Waals surface area (Å²) < 4.78 is 0. The molecular formula is C17H28N2S2. The molecule has 2 nitrogen and oxygen atoms in total. The Hall–Kier alpha value is -0.0600. The normalized spacial score (nSPS) is 20.3. The Morgan fingerprint density at radius 1 is 1.19 bits per heavy atom. The van der Waals surface area contributed by atoms with Gasteiger partial charge in [0.25, 0.3) is 0 Å². The van der Waals surface area contributed by atoms with Crippen LogP contribution in [0.25, 0.3) is 0 Å². The van der Waals surface area contributed by atoms with E-state index in [9.17, 15) is 0 Å². The first kappa shape index (κ1) is 15.8. The van der Waals surface area contributed by atoms with Gasteiger partial charge in [-0.15, -0.1) is 11.3 Å². The van der Waals surface area contributed by atoms with Crippen LogP contribution >= 0.6 is 23.1 Å². The van der Waals surface area contributed by atoms with Crippen LogP contribution in [0.15, 0.2) is 0 Å². The molecule has 3 rings (SSSR count). The van der Waals surface area contributed by atoms with Gasteiger partial charge in [0.2, 0.25) is 0 Å². The average Bonchev–Trinajstić information content (AvgIpc) is 3.25. The van der Waals surface area contributed by atoms with E-state index in [2.05, 4.69) is 30.9 Å². The number of hydrogen-bond donors (Lipinski definition) is 1. The molecule has 0 spiro atoms. The van der Waals surface area contributed by atoms with Gasteiger partial charge in [-0.2, -0.15) is 11.8 Å². The van der Waals surface area contributed by atoms with Crippen molar-refractivity contribution in [3.63, 3.8) is 0 Å². The molecule has 0 aliphatic heterocycles. The first-order valence-corrected chi connectivity index (χ1v) is 10.4. The molecule has 4 heteroatoms. The van der Waals surface area contributed by atoms with Crippen molar-refractivity contribution in [2.75, 3.05) is 0 Å². The SMILES string of the molecule is CC(C)NCc1sc(CSC2CCCCC2)nc1C1CC1. The Morgan fingerprint density at radius 2 is 1.95 bits per heavy atom.